The van der Waals surface area contributed by atoms with Crippen LogP contribution in [0.5, 0.6) is 0 Å². The molecule has 3 heteroatoms. The Morgan fingerprint density at radius 2 is 1.84 bits per heavy atom. The lowest BCUT2D eigenvalue weighted by Gasteiger charge is -2.10. The van der Waals surface area contributed by atoms with E-state index in [1.165, 1.54) is 5.56 Å². The predicted octanol–water partition coefficient (Wildman–Crippen LogP) is 4.09. The summed E-state index contributed by atoms with van der Waals surface area (Å²) >= 11 is 6.05. The molecule has 1 aromatic heterocycles. The van der Waals surface area contributed by atoms with Gasteiger partial charge >= 0.3 is 0 Å². The SMILES string of the molecule is Cc1cc(C)c(C(=O)Cc2ccncc2Cl)c(C)c1. The number of pyridine rings is 1. The molecular formula is C16H16ClNO. The van der Waals surface area contributed by atoms with Gasteiger partial charge in [0.1, 0.15) is 0 Å². The van der Waals surface area contributed by atoms with E-state index in [0.717, 1.165) is 22.3 Å². The smallest absolute Gasteiger partial charge is 0.167 e. The van der Waals surface area contributed by atoms with Crippen LogP contribution in [0, 0.1) is 20.8 Å². The Morgan fingerprint density at radius 1 is 1.21 bits per heavy atom. The average Bonchev–Trinajstić information content (AvgIpc) is 2.30. The van der Waals surface area contributed by atoms with E-state index >= 15 is 0 Å². The van der Waals surface area contributed by atoms with Gasteiger partial charge in [0.05, 0.1) is 5.02 Å². The molecule has 98 valence electrons. The van der Waals surface area contributed by atoms with Crippen molar-refractivity contribution in [1.29, 1.82) is 0 Å². The lowest BCUT2D eigenvalue weighted by molar-refractivity contribution is 0.0992. The zero-order valence-corrected chi connectivity index (χ0v) is 12.1. The molecule has 1 aromatic carbocycles. The monoisotopic (exact) mass is 273 g/mol. The van der Waals surface area contributed by atoms with Crippen molar-refractivity contribution in [3.05, 3.63) is 63.4 Å². The maximum atomic E-state index is 12.4. The second-order valence-electron chi connectivity index (χ2n) is 4.84. The van der Waals surface area contributed by atoms with E-state index in [4.69, 9.17) is 11.6 Å². The lowest BCUT2D eigenvalue weighted by Crippen LogP contribution is -2.09. The number of carbonyl (C=O) groups excluding carboxylic acids is 1. The number of aryl methyl sites for hydroxylation is 3. The Bertz CT molecular complexity index is 611. The molecule has 0 aliphatic heterocycles. The van der Waals surface area contributed by atoms with E-state index in [1.54, 1.807) is 18.5 Å². The normalized spacial score (nSPS) is 10.5. The number of benzene rings is 1. The fraction of sp³-hybridized carbons (Fsp3) is 0.250. The van der Waals surface area contributed by atoms with E-state index < -0.39 is 0 Å². The van der Waals surface area contributed by atoms with Gasteiger partial charge in [0.15, 0.2) is 5.78 Å². The van der Waals surface area contributed by atoms with Crippen molar-refractivity contribution < 1.29 is 4.79 Å². The summed E-state index contributed by atoms with van der Waals surface area (Å²) in [6, 6.07) is 5.86. The van der Waals surface area contributed by atoms with Crippen molar-refractivity contribution in [3.63, 3.8) is 0 Å². The molecule has 0 radical (unpaired) electrons. The molecule has 0 aliphatic carbocycles. The summed E-state index contributed by atoms with van der Waals surface area (Å²) in [5.74, 6) is 0.100. The molecular weight excluding hydrogens is 258 g/mol. The van der Waals surface area contributed by atoms with Crippen LogP contribution in [0.4, 0.5) is 0 Å². The van der Waals surface area contributed by atoms with Gasteiger partial charge in [-0.2, -0.15) is 0 Å². The highest BCUT2D eigenvalue weighted by Crippen LogP contribution is 2.21. The first-order chi connectivity index (χ1) is 8.99. The maximum absolute atomic E-state index is 12.4. The van der Waals surface area contributed by atoms with Gasteiger partial charge < -0.3 is 0 Å². The third-order valence-corrected chi connectivity index (χ3v) is 3.50. The Morgan fingerprint density at radius 3 is 2.42 bits per heavy atom. The summed E-state index contributed by atoms with van der Waals surface area (Å²) in [6.45, 7) is 5.98. The van der Waals surface area contributed by atoms with Gasteiger partial charge in [-0.05, 0) is 43.5 Å². The predicted molar refractivity (Wildman–Crippen MR) is 77.9 cm³/mol. The topological polar surface area (TPSA) is 30.0 Å². The second-order valence-corrected chi connectivity index (χ2v) is 5.25. The van der Waals surface area contributed by atoms with Gasteiger partial charge in [0.2, 0.25) is 0 Å². The Kier molecular flexibility index (Phi) is 4.01. The highest BCUT2D eigenvalue weighted by molar-refractivity contribution is 6.31. The molecule has 0 saturated heterocycles. The number of hydrogen-bond acceptors (Lipinski definition) is 2. The molecule has 2 aromatic rings. The molecule has 0 fully saturated rings. The first kappa shape index (κ1) is 13.8. The van der Waals surface area contributed by atoms with E-state index in [2.05, 4.69) is 4.98 Å². The average molecular weight is 274 g/mol. The Balaban J connectivity index is 2.34. The van der Waals surface area contributed by atoms with Crippen molar-refractivity contribution >= 4 is 17.4 Å². The van der Waals surface area contributed by atoms with Crippen LogP contribution in [0.15, 0.2) is 30.6 Å². The number of rotatable bonds is 3. The number of carbonyl (C=O) groups is 1. The summed E-state index contributed by atoms with van der Waals surface area (Å²) in [5, 5.41) is 0.540. The summed E-state index contributed by atoms with van der Waals surface area (Å²) in [7, 11) is 0. The molecule has 1 heterocycles. The summed E-state index contributed by atoms with van der Waals surface area (Å²) in [4.78, 5) is 16.4. The van der Waals surface area contributed by atoms with Crippen molar-refractivity contribution in [2.45, 2.75) is 27.2 Å². The minimum Gasteiger partial charge on any atom is -0.294 e. The van der Waals surface area contributed by atoms with Gasteiger partial charge in [-0.3, -0.25) is 9.78 Å². The van der Waals surface area contributed by atoms with Crippen LogP contribution < -0.4 is 0 Å². The first-order valence-corrected chi connectivity index (χ1v) is 6.56. The number of nitrogens with zero attached hydrogens (tertiary/aromatic N) is 1. The molecule has 0 saturated carbocycles. The van der Waals surface area contributed by atoms with Crippen molar-refractivity contribution in [1.82, 2.24) is 4.98 Å². The summed E-state index contributed by atoms with van der Waals surface area (Å²) < 4.78 is 0. The van der Waals surface area contributed by atoms with Crippen LogP contribution in [0.1, 0.15) is 32.6 Å². The molecule has 2 nitrogen and oxygen atoms in total. The molecule has 0 aliphatic rings. The lowest BCUT2D eigenvalue weighted by atomic mass is 9.94. The number of Topliss-reactive ketones (excluding diaryl/α,β-unsaturated/α-hetero) is 1. The maximum Gasteiger partial charge on any atom is 0.167 e. The van der Waals surface area contributed by atoms with Crippen LogP contribution in [-0.4, -0.2) is 10.8 Å². The highest BCUT2D eigenvalue weighted by Gasteiger charge is 2.14. The van der Waals surface area contributed by atoms with Crippen LogP contribution >= 0.6 is 11.6 Å². The van der Waals surface area contributed by atoms with Crippen LogP contribution in [0.25, 0.3) is 0 Å². The number of hydrogen-bond donors (Lipinski definition) is 0. The molecule has 0 atom stereocenters. The van der Waals surface area contributed by atoms with Gasteiger partial charge in [-0.25, -0.2) is 0 Å². The molecule has 0 amide bonds. The van der Waals surface area contributed by atoms with Crippen molar-refractivity contribution in [3.8, 4) is 0 Å². The van der Waals surface area contributed by atoms with Crippen LogP contribution in [0.2, 0.25) is 5.02 Å². The standard InChI is InChI=1S/C16H16ClNO/c1-10-6-11(2)16(12(3)7-10)15(19)8-13-4-5-18-9-14(13)17/h4-7,9H,8H2,1-3H3. The van der Waals surface area contributed by atoms with Crippen LogP contribution in [0.3, 0.4) is 0 Å². The molecule has 0 N–H and O–H groups in total. The zero-order chi connectivity index (χ0) is 14.0. The number of aromatic nitrogens is 1. The van der Waals surface area contributed by atoms with E-state index in [1.807, 2.05) is 32.9 Å². The van der Waals surface area contributed by atoms with Crippen molar-refractivity contribution in [2.24, 2.45) is 0 Å². The number of ketones is 1. The van der Waals surface area contributed by atoms with Gasteiger partial charge in [-0.15, -0.1) is 0 Å². The second kappa shape index (κ2) is 5.54. The third kappa shape index (κ3) is 3.02. The minimum absolute atomic E-state index is 0.100. The van der Waals surface area contributed by atoms with Gasteiger partial charge in [0.25, 0.3) is 0 Å². The van der Waals surface area contributed by atoms with E-state index in [9.17, 15) is 4.79 Å². The van der Waals surface area contributed by atoms with Crippen molar-refractivity contribution in [2.75, 3.05) is 0 Å². The molecule has 0 unspecified atom stereocenters. The summed E-state index contributed by atoms with van der Waals surface area (Å²) in [6.07, 6.45) is 3.54. The largest absolute Gasteiger partial charge is 0.294 e. The minimum atomic E-state index is 0.100. The van der Waals surface area contributed by atoms with Gasteiger partial charge in [-0.1, -0.05) is 29.3 Å². The molecule has 2 rings (SSSR count). The fourth-order valence-electron chi connectivity index (χ4n) is 2.43. The third-order valence-electron chi connectivity index (χ3n) is 3.16. The molecule has 0 spiro atoms. The van der Waals surface area contributed by atoms with E-state index in [-0.39, 0.29) is 5.78 Å². The van der Waals surface area contributed by atoms with Gasteiger partial charge in [0, 0.05) is 24.4 Å². The van der Waals surface area contributed by atoms with E-state index in [0.29, 0.717) is 11.4 Å². The quantitative estimate of drug-likeness (QED) is 0.789. The summed E-state index contributed by atoms with van der Waals surface area (Å²) in [5.41, 5.74) is 4.84. The van der Waals surface area contributed by atoms with Crippen LogP contribution in [-0.2, 0) is 6.42 Å². The zero-order valence-electron chi connectivity index (χ0n) is 11.3. The Hall–Kier alpha value is -1.67. The number of halogens is 1. The molecule has 19 heavy (non-hydrogen) atoms. The first-order valence-electron chi connectivity index (χ1n) is 6.18. The Labute approximate surface area is 118 Å². The molecule has 0 bridgehead atoms. The fourth-order valence-corrected chi connectivity index (χ4v) is 2.61. The highest BCUT2D eigenvalue weighted by atomic mass is 35.5.